The van der Waals surface area contributed by atoms with E-state index in [9.17, 15) is 14.4 Å². The normalized spacial score (nSPS) is 9.81. The molecule has 0 aliphatic carbocycles. The molecule has 26 heavy (non-hydrogen) atoms. The van der Waals surface area contributed by atoms with Crippen LogP contribution < -0.4 is 16.0 Å². The lowest BCUT2D eigenvalue weighted by atomic mass is 10.1. The molecule has 7 heteroatoms. The number of nitrogens with one attached hydrogen (secondary N) is 3. The Hall–Kier alpha value is -3.53. The summed E-state index contributed by atoms with van der Waals surface area (Å²) in [6.45, 7) is 0.438. The zero-order valence-corrected chi connectivity index (χ0v) is 14.1. The molecule has 0 atom stereocenters. The van der Waals surface area contributed by atoms with Gasteiger partial charge in [0, 0.05) is 13.0 Å². The highest BCUT2D eigenvalue weighted by molar-refractivity contribution is 6.03. The Morgan fingerprint density at radius 3 is 2.58 bits per heavy atom. The first kappa shape index (κ1) is 18.8. The second-order valence-corrected chi connectivity index (χ2v) is 5.32. The molecule has 0 bridgehead atoms. The molecule has 2 aromatic rings. The predicted octanol–water partition coefficient (Wildman–Crippen LogP) is 1.79. The molecule has 0 aliphatic rings. The van der Waals surface area contributed by atoms with Crippen LogP contribution in [0.15, 0.2) is 47.1 Å². The Bertz CT molecular complexity index is 806. The van der Waals surface area contributed by atoms with Gasteiger partial charge in [0.1, 0.15) is 0 Å². The van der Waals surface area contributed by atoms with E-state index in [0.717, 1.165) is 0 Å². The van der Waals surface area contributed by atoms with Gasteiger partial charge in [-0.2, -0.15) is 0 Å². The number of carbonyl (C=O) groups is 3. The maximum atomic E-state index is 12.1. The van der Waals surface area contributed by atoms with Crippen LogP contribution in [0.1, 0.15) is 33.8 Å². The van der Waals surface area contributed by atoms with E-state index in [-0.39, 0.29) is 36.4 Å². The van der Waals surface area contributed by atoms with Crippen LogP contribution >= 0.6 is 0 Å². The van der Waals surface area contributed by atoms with E-state index in [2.05, 4.69) is 21.9 Å². The van der Waals surface area contributed by atoms with Crippen molar-refractivity contribution in [3.8, 4) is 12.3 Å². The summed E-state index contributed by atoms with van der Waals surface area (Å²) in [5.41, 5.74) is 0.744. The molecule has 0 unspecified atom stereocenters. The first-order valence-corrected chi connectivity index (χ1v) is 8.04. The SMILES string of the molecule is C#CCNC(=O)c1ccccc1NC(=O)CCCNC(=O)c1ccco1. The van der Waals surface area contributed by atoms with E-state index >= 15 is 0 Å². The van der Waals surface area contributed by atoms with Gasteiger partial charge >= 0.3 is 0 Å². The van der Waals surface area contributed by atoms with E-state index < -0.39 is 0 Å². The maximum Gasteiger partial charge on any atom is 0.286 e. The lowest BCUT2D eigenvalue weighted by Crippen LogP contribution is -2.26. The van der Waals surface area contributed by atoms with Crippen molar-refractivity contribution in [1.29, 1.82) is 0 Å². The van der Waals surface area contributed by atoms with Gasteiger partial charge in [0.15, 0.2) is 5.76 Å². The molecule has 3 amide bonds. The third kappa shape index (κ3) is 5.53. The van der Waals surface area contributed by atoms with Gasteiger partial charge in [0.2, 0.25) is 5.91 Å². The average Bonchev–Trinajstić information content (AvgIpc) is 3.18. The maximum absolute atomic E-state index is 12.1. The van der Waals surface area contributed by atoms with Gasteiger partial charge in [-0.15, -0.1) is 6.42 Å². The third-order valence-corrected chi connectivity index (χ3v) is 3.41. The van der Waals surface area contributed by atoms with Crippen molar-refractivity contribution in [3.05, 3.63) is 54.0 Å². The highest BCUT2D eigenvalue weighted by Crippen LogP contribution is 2.15. The van der Waals surface area contributed by atoms with E-state index in [1.807, 2.05) is 0 Å². The molecule has 1 heterocycles. The van der Waals surface area contributed by atoms with Crippen molar-refractivity contribution < 1.29 is 18.8 Å². The fourth-order valence-corrected chi connectivity index (χ4v) is 2.18. The predicted molar refractivity (Wildman–Crippen MR) is 96.5 cm³/mol. The van der Waals surface area contributed by atoms with E-state index in [1.165, 1.54) is 6.26 Å². The number of para-hydroxylation sites is 1. The van der Waals surface area contributed by atoms with Gasteiger partial charge in [-0.1, -0.05) is 18.1 Å². The first-order chi connectivity index (χ1) is 12.6. The van der Waals surface area contributed by atoms with E-state index in [0.29, 0.717) is 24.2 Å². The number of hydrogen-bond donors (Lipinski definition) is 3. The topological polar surface area (TPSA) is 100 Å². The van der Waals surface area contributed by atoms with Crippen LogP contribution in [0.3, 0.4) is 0 Å². The van der Waals surface area contributed by atoms with E-state index in [4.69, 9.17) is 10.8 Å². The minimum atomic E-state index is -0.357. The van der Waals surface area contributed by atoms with Crippen molar-refractivity contribution in [3.63, 3.8) is 0 Å². The molecule has 1 aromatic carbocycles. The molecule has 0 aliphatic heterocycles. The van der Waals surface area contributed by atoms with Gasteiger partial charge < -0.3 is 20.4 Å². The van der Waals surface area contributed by atoms with Crippen molar-refractivity contribution >= 4 is 23.4 Å². The van der Waals surface area contributed by atoms with Crippen molar-refractivity contribution in [2.45, 2.75) is 12.8 Å². The number of furan rings is 1. The Balaban J connectivity index is 1.80. The van der Waals surface area contributed by atoms with Gasteiger partial charge in [-0.25, -0.2) is 0 Å². The summed E-state index contributed by atoms with van der Waals surface area (Å²) in [6, 6.07) is 9.85. The van der Waals surface area contributed by atoms with E-state index in [1.54, 1.807) is 36.4 Å². The van der Waals surface area contributed by atoms with Crippen LogP contribution in [0.4, 0.5) is 5.69 Å². The van der Waals surface area contributed by atoms with Crippen molar-refractivity contribution in [2.24, 2.45) is 0 Å². The second-order valence-electron chi connectivity index (χ2n) is 5.32. The summed E-state index contributed by atoms with van der Waals surface area (Å²) in [4.78, 5) is 35.8. The Kier molecular flexibility index (Phi) is 7.01. The fraction of sp³-hybridized carbons (Fsp3) is 0.211. The van der Waals surface area contributed by atoms with Gasteiger partial charge in [0.25, 0.3) is 11.8 Å². The lowest BCUT2D eigenvalue weighted by Gasteiger charge is -2.10. The molecule has 2 rings (SSSR count). The number of terminal acetylenes is 1. The van der Waals surface area contributed by atoms with Crippen LogP contribution in [0, 0.1) is 12.3 Å². The Morgan fingerprint density at radius 2 is 1.85 bits per heavy atom. The van der Waals surface area contributed by atoms with Crippen LogP contribution in [-0.2, 0) is 4.79 Å². The Labute approximate surface area is 151 Å². The number of anilines is 1. The van der Waals surface area contributed by atoms with Crippen LogP contribution in [0.2, 0.25) is 0 Å². The molecule has 0 spiro atoms. The molecule has 0 saturated carbocycles. The number of rotatable bonds is 8. The summed E-state index contributed by atoms with van der Waals surface area (Å²) in [5, 5.41) is 7.92. The summed E-state index contributed by atoms with van der Waals surface area (Å²) in [6.07, 6.45) is 7.18. The zero-order chi connectivity index (χ0) is 18.8. The summed E-state index contributed by atoms with van der Waals surface area (Å²) in [7, 11) is 0. The van der Waals surface area contributed by atoms with Crippen molar-refractivity contribution in [1.82, 2.24) is 10.6 Å². The van der Waals surface area contributed by atoms with Gasteiger partial charge in [-0.05, 0) is 30.7 Å². The summed E-state index contributed by atoms with van der Waals surface area (Å²) < 4.78 is 4.97. The summed E-state index contributed by atoms with van der Waals surface area (Å²) in [5.74, 6) is 1.61. The largest absolute Gasteiger partial charge is 0.459 e. The Morgan fingerprint density at radius 1 is 1.04 bits per heavy atom. The molecule has 7 nitrogen and oxygen atoms in total. The van der Waals surface area contributed by atoms with Gasteiger partial charge in [-0.3, -0.25) is 14.4 Å². The van der Waals surface area contributed by atoms with Crippen LogP contribution in [0.25, 0.3) is 0 Å². The van der Waals surface area contributed by atoms with Crippen molar-refractivity contribution in [2.75, 3.05) is 18.4 Å². The molecular formula is C19H19N3O4. The highest BCUT2D eigenvalue weighted by atomic mass is 16.3. The molecule has 1 aromatic heterocycles. The lowest BCUT2D eigenvalue weighted by molar-refractivity contribution is -0.116. The molecule has 0 fully saturated rings. The van der Waals surface area contributed by atoms with Crippen LogP contribution in [-0.4, -0.2) is 30.8 Å². The molecular weight excluding hydrogens is 334 g/mol. The minimum absolute atomic E-state index is 0.108. The fourth-order valence-electron chi connectivity index (χ4n) is 2.18. The first-order valence-electron chi connectivity index (χ1n) is 8.04. The number of carbonyl (C=O) groups excluding carboxylic acids is 3. The smallest absolute Gasteiger partial charge is 0.286 e. The number of benzene rings is 1. The van der Waals surface area contributed by atoms with Crippen LogP contribution in [0.5, 0.6) is 0 Å². The van der Waals surface area contributed by atoms with Gasteiger partial charge in [0.05, 0.1) is 24.1 Å². The molecule has 0 saturated heterocycles. The third-order valence-electron chi connectivity index (χ3n) is 3.41. The monoisotopic (exact) mass is 353 g/mol. The highest BCUT2D eigenvalue weighted by Gasteiger charge is 2.13. The quantitative estimate of drug-likeness (QED) is 0.497. The molecule has 3 N–H and O–H groups in total. The number of hydrogen-bond acceptors (Lipinski definition) is 4. The minimum Gasteiger partial charge on any atom is -0.459 e. The molecule has 0 radical (unpaired) electrons. The summed E-state index contributed by atoms with van der Waals surface area (Å²) >= 11 is 0. The average molecular weight is 353 g/mol. The zero-order valence-electron chi connectivity index (χ0n) is 14.1. The number of amides is 3. The standard InChI is InChI=1S/C19H19N3O4/c1-2-11-20-18(24)14-7-3-4-8-15(14)22-17(23)10-5-12-21-19(25)16-9-6-13-26-16/h1,3-4,6-9,13H,5,10-12H2,(H,20,24)(H,21,25)(H,22,23). The second kappa shape index (κ2) is 9.69. The molecule has 134 valence electrons.